The van der Waals surface area contributed by atoms with Gasteiger partial charge in [0.2, 0.25) is 0 Å². The van der Waals surface area contributed by atoms with Crippen LogP contribution in [0.4, 0.5) is 5.69 Å². The van der Waals surface area contributed by atoms with Crippen molar-refractivity contribution in [3.63, 3.8) is 0 Å². The van der Waals surface area contributed by atoms with Crippen LogP contribution >= 0.6 is 0 Å². The topological polar surface area (TPSA) is 12.0 Å². The Morgan fingerprint density at radius 3 is 2.16 bits per heavy atom. The van der Waals surface area contributed by atoms with E-state index in [1.807, 2.05) is 0 Å². The largest absolute Gasteiger partial charge is 0.378 e. The number of benzene rings is 1. The van der Waals surface area contributed by atoms with Crippen molar-refractivity contribution in [2.75, 3.05) is 5.32 Å². The Balaban J connectivity index is 1.44. The predicted molar refractivity (Wildman–Crippen MR) is 84.6 cm³/mol. The molecule has 1 unspecified atom stereocenters. The van der Waals surface area contributed by atoms with Gasteiger partial charge >= 0.3 is 0 Å². The fourth-order valence-electron chi connectivity index (χ4n) is 3.01. The van der Waals surface area contributed by atoms with E-state index in [1.54, 1.807) is 0 Å². The Morgan fingerprint density at radius 1 is 0.842 bits per heavy atom. The zero-order valence-electron chi connectivity index (χ0n) is 12.5. The highest BCUT2D eigenvalue weighted by molar-refractivity contribution is 5.62. The molecule has 0 aliphatic carbocycles. The van der Waals surface area contributed by atoms with E-state index in [9.17, 15) is 0 Å². The monoisotopic (exact) mass is 259 g/mol. The molecule has 1 aromatic carbocycles. The second kappa shape index (κ2) is 8.24. The van der Waals surface area contributed by atoms with Gasteiger partial charge in [0.15, 0.2) is 0 Å². The molecule has 0 saturated carbocycles. The maximum Gasteiger partial charge on any atom is 0.0534 e. The molecule has 0 saturated heterocycles. The van der Waals surface area contributed by atoms with Gasteiger partial charge in [-0.2, -0.15) is 0 Å². The van der Waals surface area contributed by atoms with E-state index < -0.39 is 0 Å². The number of para-hydroxylation sites is 1. The van der Waals surface area contributed by atoms with Crippen LogP contribution in [0, 0.1) is 0 Å². The first-order chi connectivity index (χ1) is 9.42. The fourth-order valence-corrected chi connectivity index (χ4v) is 3.01. The first-order valence-electron chi connectivity index (χ1n) is 8.27. The predicted octanol–water partition coefficient (Wildman–Crippen LogP) is 6.07. The lowest BCUT2D eigenvalue weighted by molar-refractivity contribution is 0.534. The summed E-state index contributed by atoms with van der Waals surface area (Å²) in [6.45, 7) is 2.28. The molecule has 19 heavy (non-hydrogen) atoms. The van der Waals surface area contributed by atoms with Crippen molar-refractivity contribution in [2.24, 2.45) is 0 Å². The summed E-state index contributed by atoms with van der Waals surface area (Å²) in [6.07, 6.45) is 14.1. The van der Waals surface area contributed by atoms with Crippen molar-refractivity contribution in [1.82, 2.24) is 0 Å². The van der Waals surface area contributed by atoms with E-state index in [-0.39, 0.29) is 0 Å². The van der Waals surface area contributed by atoms with Crippen LogP contribution in [0.3, 0.4) is 0 Å². The van der Waals surface area contributed by atoms with Gasteiger partial charge in [-0.15, -0.1) is 0 Å². The number of fused-ring (bicyclic) bond motifs is 1. The number of nitrogens with one attached hydrogen (secondary N) is 1. The van der Waals surface area contributed by atoms with Crippen molar-refractivity contribution in [3.8, 4) is 0 Å². The molecule has 2 rings (SSSR count). The number of hydrogen-bond acceptors (Lipinski definition) is 1. The number of unbranched alkanes of at least 4 members (excludes halogenated alkanes) is 8. The molecule has 1 nitrogen and oxygen atoms in total. The summed E-state index contributed by atoms with van der Waals surface area (Å²) in [5.74, 6) is 0. The molecular weight excluding hydrogens is 230 g/mol. The molecule has 1 heteroatoms. The Bertz CT molecular complexity index is 358. The van der Waals surface area contributed by atoms with Crippen molar-refractivity contribution in [2.45, 2.75) is 77.2 Å². The van der Waals surface area contributed by atoms with Crippen LogP contribution in [0.5, 0.6) is 0 Å². The lowest BCUT2D eigenvalue weighted by atomic mass is 9.92. The second-order valence-electron chi connectivity index (χ2n) is 5.90. The molecule has 0 amide bonds. The van der Waals surface area contributed by atoms with E-state index in [0.717, 1.165) is 0 Å². The Hall–Kier alpha value is -0.980. The van der Waals surface area contributed by atoms with Crippen molar-refractivity contribution in [3.05, 3.63) is 29.8 Å². The average Bonchev–Trinajstić information content (AvgIpc) is 2.41. The summed E-state index contributed by atoms with van der Waals surface area (Å²) in [6, 6.07) is 9.36. The van der Waals surface area contributed by atoms with Gasteiger partial charge < -0.3 is 5.32 Å². The van der Waals surface area contributed by atoms with E-state index >= 15 is 0 Å². The highest BCUT2D eigenvalue weighted by Gasteiger charge is 2.23. The summed E-state index contributed by atoms with van der Waals surface area (Å²) >= 11 is 0. The minimum absolute atomic E-state index is 0.640. The first-order valence-corrected chi connectivity index (χ1v) is 8.27. The third kappa shape index (κ3) is 4.56. The zero-order chi connectivity index (χ0) is 13.3. The third-order valence-electron chi connectivity index (χ3n) is 4.26. The number of hydrogen-bond donors (Lipinski definition) is 1. The number of anilines is 1. The van der Waals surface area contributed by atoms with Gasteiger partial charge in [-0.3, -0.25) is 0 Å². The van der Waals surface area contributed by atoms with Crippen molar-refractivity contribution >= 4 is 5.69 Å². The molecule has 1 N–H and O–H groups in total. The lowest BCUT2D eigenvalue weighted by Gasteiger charge is -2.32. The molecule has 1 aliphatic heterocycles. The highest BCUT2D eigenvalue weighted by atomic mass is 15.0. The molecule has 1 aliphatic rings. The van der Waals surface area contributed by atoms with Crippen LogP contribution in [0.2, 0.25) is 0 Å². The summed E-state index contributed by atoms with van der Waals surface area (Å²) in [5.41, 5.74) is 2.88. The van der Waals surface area contributed by atoms with Crippen LogP contribution in [0.1, 0.15) is 82.7 Å². The fraction of sp³-hybridized carbons (Fsp3) is 0.667. The molecule has 0 fully saturated rings. The van der Waals surface area contributed by atoms with E-state index in [1.165, 1.54) is 75.5 Å². The quantitative estimate of drug-likeness (QED) is 0.502. The summed E-state index contributed by atoms with van der Waals surface area (Å²) < 4.78 is 0. The number of rotatable bonds is 10. The van der Waals surface area contributed by atoms with Gasteiger partial charge in [-0.25, -0.2) is 0 Å². The maximum absolute atomic E-state index is 3.55. The van der Waals surface area contributed by atoms with E-state index in [4.69, 9.17) is 0 Å². The normalized spacial score (nSPS) is 16.6. The van der Waals surface area contributed by atoms with Gasteiger partial charge in [-0.1, -0.05) is 82.9 Å². The van der Waals surface area contributed by atoms with Crippen LogP contribution in [0.25, 0.3) is 0 Å². The average molecular weight is 259 g/mol. The lowest BCUT2D eigenvalue weighted by Crippen LogP contribution is -2.22. The maximum atomic E-state index is 3.55. The standard InChI is InChI=1S/C18H29N/c1-2-3-4-5-6-7-8-9-10-14-17-16-13-11-12-15-18(16)19-17/h11-13,15,17,19H,2-10,14H2,1H3. The van der Waals surface area contributed by atoms with Gasteiger partial charge in [0.25, 0.3) is 0 Å². The Labute approximate surface area is 118 Å². The van der Waals surface area contributed by atoms with Crippen LogP contribution in [0.15, 0.2) is 24.3 Å². The summed E-state index contributed by atoms with van der Waals surface area (Å²) in [4.78, 5) is 0. The van der Waals surface area contributed by atoms with Crippen molar-refractivity contribution in [1.29, 1.82) is 0 Å². The summed E-state index contributed by atoms with van der Waals surface area (Å²) in [7, 11) is 0. The molecule has 0 bridgehead atoms. The van der Waals surface area contributed by atoms with E-state index in [0.29, 0.717) is 6.04 Å². The van der Waals surface area contributed by atoms with Crippen LogP contribution in [-0.2, 0) is 0 Å². The van der Waals surface area contributed by atoms with Gasteiger partial charge in [0.1, 0.15) is 0 Å². The van der Waals surface area contributed by atoms with Crippen molar-refractivity contribution < 1.29 is 0 Å². The highest BCUT2D eigenvalue weighted by Crippen LogP contribution is 2.38. The smallest absolute Gasteiger partial charge is 0.0534 e. The minimum Gasteiger partial charge on any atom is -0.378 e. The van der Waals surface area contributed by atoms with Crippen LogP contribution < -0.4 is 5.32 Å². The molecule has 0 radical (unpaired) electrons. The molecule has 0 spiro atoms. The molecule has 1 atom stereocenters. The Kier molecular flexibility index (Phi) is 6.26. The molecule has 0 aromatic heterocycles. The summed E-state index contributed by atoms with van der Waals surface area (Å²) in [5, 5.41) is 3.55. The molecule has 1 heterocycles. The minimum atomic E-state index is 0.640. The third-order valence-corrected chi connectivity index (χ3v) is 4.26. The molecule has 106 valence electrons. The van der Waals surface area contributed by atoms with Gasteiger partial charge in [0, 0.05) is 5.69 Å². The van der Waals surface area contributed by atoms with E-state index in [2.05, 4.69) is 36.5 Å². The Morgan fingerprint density at radius 2 is 1.47 bits per heavy atom. The molecule has 1 aromatic rings. The first kappa shape index (κ1) is 14.4. The zero-order valence-corrected chi connectivity index (χ0v) is 12.5. The van der Waals surface area contributed by atoms with Gasteiger partial charge in [-0.05, 0) is 18.1 Å². The molecular formula is C18H29N. The van der Waals surface area contributed by atoms with Crippen LogP contribution in [-0.4, -0.2) is 0 Å². The van der Waals surface area contributed by atoms with Gasteiger partial charge in [0.05, 0.1) is 6.04 Å². The second-order valence-corrected chi connectivity index (χ2v) is 5.90. The SMILES string of the molecule is CCCCCCCCCCCC1Nc2ccccc21.